The van der Waals surface area contributed by atoms with Crippen molar-refractivity contribution in [1.29, 1.82) is 5.26 Å². The highest BCUT2D eigenvalue weighted by atomic mass is 35.5. The minimum Gasteiger partial charge on any atom is -0.206 e. The van der Waals surface area contributed by atoms with Gasteiger partial charge in [-0.25, -0.2) is 8.42 Å². The van der Waals surface area contributed by atoms with Gasteiger partial charge < -0.3 is 0 Å². The van der Waals surface area contributed by atoms with Crippen LogP contribution >= 0.6 is 22.9 Å². The smallest absolute Gasteiger partial charge is 0.206 e. The molecule has 0 N–H and O–H groups in total. The minimum absolute atomic E-state index is 0.0458. The van der Waals surface area contributed by atoms with Gasteiger partial charge in [0.2, 0.25) is 0 Å². The third-order valence-corrected chi connectivity index (χ3v) is 6.67. The lowest BCUT2D eigenvalue weighted by Gasteiger charge is -2.24. The Morgan fingerprint density at radius 2 is 2.11 bits per heavy atom. The van der Waals surface area contributed by atoms with Gasteiger partial charge in [0.15, 0.2) is 0 Å². The van der Waals surface area contributed by atoms with Crippen LogP contribution in [0.2, 0.25) is 4.34 Å². The lowest BCUT2D eigenvalue weighted by atomic mass is 10.2. The van der Waals surface area contributed by atoms with Crippen molar-refractivity contribution in [2.24, 2.45) is 0 Å². The van der Waals surface area contributed by atoms with Crippen molar-refractivity contribution in [3.63, 3.8) is 0 Å². The maximum atomic E-state index is 12.4. The second-order valence-electron chi connectivity index (χ2n) is 4.21. The van der Waals surface area contributed by atoms with Crippen molar-refractivity contribution in [3.8, 4) is 6.07 Å². The molecule has 98 valence electrons. The van der Waals surface area contributed by atoms with Crippen LogP contribution in [-0.4, -0.2) is 25.3 Å². The Labute approximate surface area is 116 Å². The first-order valence-electron chi connectivity index (χ1n) is 5.70. The van der Waals surface area contributed by atoms with Crippen LogP contribution in [0.4, 0.5) is 0 Å². The predicted octanol–water partition coefficient (Wildman–Crippen LogP) is 2.86. The molecular weight excluding hydrogens is 292 g/mol. The van der Waals surface area contributed by atoms with Crippen LogP contribution in [0, 0.1) is 11.3 Å². The Hall–Kier alpha value is -0.610. The molecule has 2 rings (SSSR count). The molecule has 0 aliphatic heterocycles. The van der Waals surface area contributed by atoms with Gasteiger partial charge in [-0.3, -0.25) is 0 Å². The summed E-state index contributed by atoms with van der Waals surface area (Å²) in [5.74, 6) is 0. The van der Waals surface area contributed by atoms with Gasteiger partial charge in [-0.15, -0.1) is 11.3 Å². The van der Waals surface area contributed by atoms with E-state index in [1.807, 2.05) is 6.07 Å². The third-order valence-electron chi connectivity index (χ3n) is 3.07. The number of halogens is 1. The molecule has 1 saturated carbocycles. The summed E-state index contributed by atoms with van der Waals surface area (Å²) in [6.45, 7) is -0.0947. The molecule has 1 aliphatic carbocycles. The van der Waals surface area contributed by atoms with Crippen LogP contribution < -0.4 is 0 Å². The van der Waals surface area contributed by atoms with Crippen LogP contribution in [0.3, 0.4) is 0 Å². The number of rotatable bonds is 4. The van der Waals surface area contributed by atoms with E-state index in [2.05, 4.69) is 0 Å². The summed E-state index contributed by atoms with van der Waals surface area (Å²) in [5.41, 5.74) is 0. The van der Waals surface area contributed by atoms with Gasteiger partial charge in [0.25, 0.3) is 10.0 Å². The molecule has 0 amide bonds. The maximum Gasteiger partial charge on any atom is 0.253 e. The number of nitriles is 1. The molecular formula is C11H13ClN2O2S2. The standard InChI is InChI=1S/C11H13ClN2O2S2/c12-10-5-6-11(17-10)18(15,16)14(8-7-13)9-3-1-2-4-9/h5-6,9H,1-4,8H2. The zero-order valence-corrected chi connectivity index (χ0v) is 12.1. The monoisotopic (exact) mass is 304 g/mol. The summed E-state index contributed by atoms with van der Waals surface area (Å²) in [6, 6.07) is 4.97. The normalized spacial score (nSPS) is 17.2. The Balaban J connectivity index is 2.32. The average molecular weight is 305 g/mol. The highest BCUT2D eigenvalue weighted by Gasteiger charge is 2.33. The van der Waals surface area contributed by atoms with Crippen molar-refractivity contribution in [3.05, 3.63) is 16.5 Å². The zero-order chi connectivity index (χ0) is 13.2. The number of hydrogen-bond acceptors (Lipinski definition) is 4. The fourth-order valence-corrected chi connectivity index (χ4v) is 5.42. The highest BCUT2D eigenvalue weighted by Crippen LogP contribution is 2.32. The van der Waals surface area contributed by atoms with Gasteiger partial charge in [0, 0.05) is 6.04 Å². The highest BCUT2D eigenvalue weighted by molar-refractivity contribution is 7.91. The molecule has 1 aromatic heterocycles. The molecule has 4 nitrogen and oxygen atoms in total. The van der Waals surface area contributed by atoms with Crippen molar-refractivity contribution in [1.82, 2.24) is 4.31 Å². The van der Waals surface area contributed by atoms with Crippen LogP contribution in [0.15, 0.2) is 16.3 Å². The summed E-state index contributed by atoms with van der Waals surface area (Å²) < 4.78 is 26.9. The van der Waals surface area contributed by atoms with Gasteiger partial charge in [0.05, 0.1) is 10.4 Å². The molecule has 0 saturated heterocycles. The first-order chi connectivity index (χ1) is 8.55. The van der Waals surface area contributed by atoms with Gasteiger partial charge in [-0.1, -0.05) is 24.4 Å². The van der Waals surface area contributed by atoms with E-state index in [0.29, 0.717) is 4.34 Å². The summed E-state index contributed by atoms with van der Waals surface area (Å²) in [4.78, 5) is 0. The Morgan fingerprint density at radius 3 is 2.61 bits per heavy atom. The number of hydrogen-bond donors (Lipinski definition) is 0. The van der Waals surface area contributed by atoms with E-state index in [1.54, 1.807) is 6.07 Å². The Kier molecular flexibility index (Phi) is 4.28. The molecule has 0 aromatic carbocycles. The fourth-order valence-electron chi connectivity index (χ4n) is 2.22. The van der Waals surface area contributed by atoms with E-state index < -0.39 is 10.0 Å². The second-order valence-corrected chi connectivity index (χ2v) is 8.04. The average Bonchev–Trinajstić information content (AvgIpc) is 2.96. The third kappa shape index (κ3) is 2.69. The molecule has 0 radical (unpaired) electrons. The molecule has 7 heteroatoms. The summed E-state index contributed by atoms with van der Waals surface area (Å²) in [7, 11) is -3.58. The molecule has 0 spiro atoms. The topological polar surface area (TPSA) is 61.2 Å². The quantitative estimate of drug-likeness (QED) is 0.804. The van der Waals surface area contributed by atoms with Gasteiger partial charge >= 0.3 is 0 Å². The number of nitrogens with zero attached hydrogens (tertiary/aromatic N) is 2. The van der Waals surface area contributed by atoms with Crippen molar-refractivity contribution in [2.45, 2.75) is 35.9 Å². The van der Waals surface area contributed by atoms with E-state index in [9.17, 15) is 8.42 Å². The van der Waals surface area contributed by atoms with Crippen LogP contribution in [0.25, 0.3) is 0 Å². The summed E-state index contributed by atoms with van der Waals surface area (Å²) in [5, 5.41) is 8.83. The molecule has 1 aromatic rings. The second kappa shape index (κ2) is 5.57. The molecule has 0 unspecified atom stereocenters. The molecule has 0 bridgehead atoms. The number of sulfonamides is 1. The van der Waals surface area contributed by atoms with E-state index in [0.717, 1.165) is 37.0 Å². The first kappa shape index (κ1) is 13.8. The van der Waals surface area contributed by atoms with Gasteiger partial charge in [-0.2, -0.15) is 9.57 Å². The predicted molar refractivity (Wildman–Crippen MR) is 71.1 cm³/mol. The Bertz CT molecular complexity index is 556. The number of thiophene rings is 1. The molecule has 18 heavy (non-hydrogen) atoms. The van der Waals surface area contributed by atoms with Crippen molar-refractivity contribution < 1.29 is 8.42 Å². The maximum absolute atomic E-state index is 12.4. The van der Waals surface area contributed by atoms with Crippen molar-refractivity contribution >= 4 is 33.0 Å². The summed E-state index contributed by atoms with van der Waals surface area (Å²) in [6.07, 6.45) is 3.71. The fraction of sp³-hybridized carbons (Fsp3) is 0.545. The minimum atomic E-state index is -3.58. The molecule has 1 heterocycles. The van der Waals surface area contributed by atoms with E-state index in [-0.39, 0.29) is 16.8 Å². The molecule has 1 aliphatic rings. The lowest BCUT2D eigenvalue weighted by molar-refractivity contribution is 0.351. The van der Waals surface area contributed by atoms with Crippen molar-refractivity contribution in [2.75, 3.05) is 6.54 Å². The Morgan fingerprint density at radius 1 is 1.44 bits per heavy atom. The van der Waals surface area contributed by atoms with Crippen LogP contribution in [-0.2, 0) is 10.0 Å². The SMILES string of the molecule is N#CCN(C1CCCC1)S(=O)(=O)c1ccc(Cl)s1. The van der Waals surface area contributed by atoms with E-state index in [1.165, 1.54) is 10.4 Å². The molecule has 1 fully saturated rings. The largest absolute Gasteiger partial charge is 0.253 e. The van der Waals surface area contributed by atoms with Crippen LogP contribution in [0.5, 0.6) is 0 Å². The van der Waals surface area contributed by atoms with Gasteiger partial charge in [0.1, 0.15) is 10.8 Å². The first-order valence-corrected chi connectivity index (χ1v) is 8.33. The van der Waals surface area contributed by atoms with Crippen LogP contribution in [0.1, 0.15) is 25.7 Å². The van der Waals surface area contributed by atoms with Gasteiger partial charge in [-0.05, 0) is 25.0 Å². The lowest BCUT2D eigenvalue weighted by Crippen LogP contribution is -2.38. The van der Waals surface area contributed by atoms with E-state index in [4.69, 9.17) is 16.9 Å². The zero-order valence-electron chi connectivity index (χ0n) is 9.67. The molecule has 0 atom stereocenters. The van der Waals surface area contributed by atoms with E-state index >= 15 is 0 Å². The summed E-state index contributed by atoms with van der Waals surface area (Å²) >= 11 is 6.81.